The summed E-state index contributed by atoms with van der Waals surface area (Å²) in [6.07, 6.45) is 0.964. The fourth-order valence-corrected chi connectivity index (χ4v) is 1.93. The van der Waals surface area contributed by atoms with Crippen molar-refractivity contribution in [2.45, 2.75) is 40.2 Å². The average molecular weight is 291 g/mol. The fourth-order valence-electron chi connectivity index (χ4n) is 1.93. The molecular formula is C14H21N5O2. The number of aryl methyl sites for hydroxylation is 2. The van der Waals surface area contributed by atoms with Gasteiger partial charge in [0.05, 0.1) is 6.10 Å². The van der Waals surface area contributed by atoms with Crippen molar-refractivity contribution in [1.29, 1.82) is 0 Å². The van der Waals surface area contributed by atoms with E-state index in [0.717, 1.165) is 17.8 Å². The van der Waals surface area contributed by atoms with Gasteiger partial charge < -0.3 is 10.1 Å². The highest BCUT2D eigenvalue weighted by Crippen LogP contribution is 2.05. The van der Waals surface area contributed by atoms with Gasteiger partial charge >= 0.3 is 0 Å². The lowest BCUT2D eigenvalue weighted by molar-refractivity contribution is 0.0756. The van der Waals surface area contributed by atoms with Crippen LogP contribution in [-0.4, -0.2) is 44.7 Å². The number of hydrogen-bond acceptors (Lipinski definition) is 5. The second-order valence-corrected chi connectivity index (χ2v) is 5.22. The molecule has 0 saturated heterocycles. The summed E-state index contributed by atoms with van der Waals surface area (Å²) in [4.78, 5) is 20.4. The van der Waals surface area contributed by atoms with Crippen molar-refractivity contribution >= 4 is 11.7 Å². The summed E-state index contributed by atoms with van der Waals surface area (Å²) in [6.45, 7) is 8.91. The van der Waals surface area contributed by atoms with Gasteiger partial charge in [-0.15, -0.1) is 5.10 Å². The lowest BCUT2D eigenvalue weighted by Crippen LogP contribution is -2.26. The molecule has 0 aromatic carbocycles. The van der Waals surface area contributed by atoms with Crippen LogP contribution in [0.2, 0.25) is 0 Å². The maximum atomic E-state index is 12.0. The number of nitrogens with zero attached hydrogens (tertiary/aromatic N) is 4. The van der Waals surface area contributed by atoms with E-state index >= 15 is 0 Å². The summed E-state index contributed by atoms with van der Waals surface area (Å²) < 4.78 is 6.98. The van der Waals surface area contributed by atoms with Crippen LogP contribution >= 0.6 is 0 Å². The highest BCUT2D eigenvalue weighted by Gasteiger charge is 2.14. The van der Waals surface area contributed by atoms with Crippen LogP contribution in [-0.2, 0) is 4.74 Å². The molecular weight excluding hydrogens is 270 g/mol. The third kappa shape index (κ3) is 3.98. The summed E-state index contributed by atoms with van der Waals surface area (Å²) >= 11 is 0. The van der Waals surface area contributed by atoms with E-state index in [1.165, 1.54) is 0 Å². The minimum atomic E-state index is -0.290. The van der Waals surface area contributed by atoms with Crippen molar-refractivity contribution in [2.75, 3.05) is 13.2 Å². The van der Waals surface area contributed by atoms with Gasteiger partial charge in [0.2, 0.25) is 5.82 Å². The van der Waals surface area contributed by atoms with Crippen LogP contribution in [0.4, 0.5) is 0 Å². The molecule has 1 amide bonds. The normalized spacial score (nSPS) is 11.3. The second-order valence-electron chi connectivity index (χ2n) is 5.22. The predicted molar refractivity (Wildman–Crippen MR) is 78.3 cm³/mol. The number of amides is 1. The Morgan fingerprint density at radius 2 is 2.14 bits per heavy atom. The summed E-state index contributed by atoms with van der Waals surface area (Å²) in [7, 11) is 0. The van der Waals surface area contributed by atoms with Gasteiger partial charge in [-0.1, -0.05) is 0 Å². The zero-order valence-corrected chi connectivity index (χ0v) is 12.9. The van der Waals surface area contributed by atoms with Crippen molar-refractivity contribution in [3.8, 4) is 0 Å². The van der Waals surface area contributed by atoms with E-state index < -0.39 is 0 Å². The second kappa shape index (κ2) is 6.62. The summed E-state index contributed by atoms with van der Waals surface area (Å²) in [5, 5.41) is 6.96. The number of carbonyl (C=O) groups excluding carboxylic acids is 1. The van der Waals surface area contributed by atoms with Gasteiger partial charge in [-0.2, -0.15) is 4.98 Å². The molecule has 7 heteroatoms. The molecule has 0 aliphatic rings. The quantitative estimate of drug-likeness (QED) is 0.811. The Hall–Kier alpha value is -2.02. The zero-order chi connectivity index (χ0) is 15.4. The van der Waals surface area contributed by atoms with Crippen molar-refractivity contribution in [3.63, 3.8) is 0 Å². The molecule has 7 nitrogen and oxygen atoms in total. The minimum Gasteiger partial charge on any atom is -0.379 e. The number of aromatic nitrogens is 4. The minimum absolute atomic E-state index is 0.140. The molecule has 0 aliphatic carbocycles. The molecule has 0 saturated carbocycles. The van der Waals surface area contributed by atoms with Gasteiger partial charge in [0.1, 0.15) is 0 Å². The standard InChI is InChI=1S/C14H21N5O2/c1-9(2)21-7-5-6-15-13(20)12-17-14-16-10(3)8-11(4)19(14)18-12/h8-9H,5-7H2,1-4H3,(H,15,20). The van der Waals surface area contributed by atoms with Crippen molar-refractivity contribution < 1.29 is 9.53 Å². The number of hydrogen-bond donors (Lipinski definition) is 1. The smallest absolute Gasteiger partial charge is 0.291 e. The van der Waals surface area contributed by atoms with Crippen LogP contribution in [0.15, 0.2) is 6.07 Å². The van der Waals surface area contributed by atoms with E-state index in [0.29, 0.717) is 18.9 Å². The number of rotatable bonds is 6. The molecule has 0 radical (unpaired) electrons. The monoisotopic (exact) mass is 291 g/mol. The molecule has 2 heterocycles. The molecule has 2 aromatic heterocycles. The SMILES string of the molecule is Cc1cc(C)n2nc(C(=O)NCCCOC(C)C)nc2n1. The Labute approximate surface area is 123 Å². The first kappa shape index (κ1) is 15.4. The van der Waals surface area contributed by atoms with Gasteiger partial charge in [0.15, 0.2) is 0 Å². The van der Waals surface area contributed by atoms with E-state index in [-0.39, 0.29) is 17.8 Å². The van der Waals surface area contributed by atoms with Crippen molar-refractivity contribution in [3.05, 3.63) is 23.3 Å². The number of carbonyl (C=O) groups is 1. The van der Waals surface area contributed by atoms with E-state index in [9.17, 15) is 4.79 Å². The zero-order valence-electron chi connectivity index (χ0n) is 12.9. The molecule has 114 valence electrons. The van der Waals surface area contributed by atoms with Crippen molar-refractivity contribution in [1.82, 2.24) is 24.9 Å². The van der Waals surface area contributed by atoms with Gasteiger partial charge in [0, 0.05) is 24.5 Å². The first-order valence-corrected chi connectivity index (χ1v) is 7.08. The van der Waals surface area contributed by atoms with Gasteiger partial charge in [0.25, 0.3) is 11.7 Å². The van der Waals surface area contributed by atoms with Gasteiger partial charge in [-0.05, 0) is 40.2 Å². The molecule has 0 atom stereocenters. The summed E-state index contributed by atoms with van der Waals surface area (Å²) in [5.74, 6) is 0.295. The van der Waals surface area contributed by atoms with Gasteiger partial charge in [-0.25, -0.2) is 9.50 Å². The van der Waals surface area contributed by atoms with E-state index in [4.69, 9.17) is 4.74 Å². The Balaban J connectivity index is 1.95. The van der Waals surface area contributed by atoms with E-state index in [2.05, 4.69) is 20.4 Å². The highest BCUT2D eigenvalue weighted by molar-refractivity contribution is 5.90. The fraction of sp³-hybridized carbons (Fsp3) is 0.571. The number of nitrogens with one attached hydrogen (secondary N) is 1. The van der Waals surface area contributed by atoms with Gasteiger partial charge in [-0.3, -0.25) is 4.79 Å². The Morgan fingerprint density at radius 3 is 2.86 bits per heavy atom. The molecule has 0 unspecified atom stereocenters. The third-order valence-corrected chi connectivity index (χ3v) is 2.88. The van der Waals surface area contributed by atoms with Crippen LogP contribution in [0.3, 0.4) is 0 Å². The maximum Gasteiger partial charge on any atom is 0.291 e. The van der Waals surface area contributed by atoms with Crippen LogP contribution in [0.5, 0.6) is 0 Å². The van der Waals surface area contributed by atoms with Crippen LogP contribution < -0.4 is 5.32 Å². The Bertz CT molecular complexity index is 636. The molecule has 0 aliphatic heterocycles. The molecule has 0 bridgehead atoms. The largest absolute Gasteiger partial charge is 0.379 e. The first-order valence-electron chi connectivity index (χ1n) is 7.08. The molecule has 1 N–H and O–H groups in total. The highest BCUT2D eigenvalue weighted by atomic mass is 16.5. The molecule has 0 spiro atoms. The Morgan fingerprint density at radius 1 is 1.38 bits per heavy atom. The topological polar surface area (TPSA) is 81.4 Å². The molecule has 2 aromatic rings. The molecule has 0 fully saturated rings. The van der Waals surface area contributed by atoms with E-state index in [1.54, 1.807) is 4.52 Å². The van der Waals surface area contributed by atoms with Crippen LogP contribution in [0.1, 0.15) is 42.3 Å². The summed E-state index contributed by atoms with van der Waals surface area (Å²) in [6, 6.07) is 1.90. The van der Waals surface area contributed by atoms with Crippen molar-refractivity contribution in [2.24, 2.45) is 0 Å². The molecule has 2 rings (SSSR count). The number of ether oxygens (including phenoxy) is 1. The third-order valence-electron chi connectivity index (χ3n) is 2.88. The van der Waals surface area contributed by atoms with Crippen LogP contribution in [0, 0.1) is 13.8 Å². The number of fused-ring (bicyclic) bond motifs is 1. The lowest BCUT2D eigenvalue weighted by Gasteiger charge is -2.07. The average Bonchev–Trinajstić information content (AvgIpc) is 2.82. The Kier molecular flexibility index (Phi) is 4.85. The molecule has 21 heavy (non-hydrogen) atoms. The summed E-state index contributed by atoms with van der Waals surface area (Å²) in [5.41, 5.74) is 1.75. The lowest BCUT2D eigenvalue weighted by atomic mass is 10.4. The first-order chi connectivity index (χ1) is 9.97. The van der Waals surface area contributed by atoms with Crippen LogP contribution in [0.25, 0.3) is 5.78 Å². The maximum absolute atomic E-state index is 12.0. The predicted octanol–water partition coefficient (Wildman–Crippen LogP) is 1.29. The van der Waals surface area contributed by atoms with E-state index in [1.807, 2.05) is 33.8 Å².